The highest BCUT2D eigenvalue weighted by Gasteiger charge is 1.89. The quantitative estimate of drug-likeness (QED) is 0.248. The van der Waals surface area contributed by atoms with Gasteiger partial charge in [0.25, 0.3) is 0 Å². The molecule has 0 atom stereocenters. The van der Waals surface area contributed by atoms with E-state index in [9.17, 15) is 0 Å². The van der Waals surface area contributed by atoms with Gasteiger partial charge in [0.1, 0.15) is 0 Å². The SMILES string of the molecule is CC/C=C\CCCCCCC/C=C\CCCCC. The fourth-order valence-corrected chi connectivity index (χ4v) is 2.09. The number of unbranched alkanes of at least 4 members (excludes halogenated alkanes) is 9. The highest BCUT2D eigenvalue weighted by Crippen LogP contribution is 2.08. The molecule has 106 valence electrons. The van der Waals surface area contributed by atoms with Crippen molar-refractivity contribution in [2.24, 2.45) is 0 Å². The monoisotopic (exact) mass is 250 g/mol. The van der Waals surface area contributed by atoms with Crippen molar-refractivity contribution >= 4 is 0 Å². The molecule has 0 aliphatic heterocycles. The summed E-state index contributed by atoms with van der Waals surface area (Å²) in [6.07, 6.45) is 25.5. The van der Waals surface area contributed by atoms with E-state index in [-0.39, 0.29) is 0 Å². The van der Waals surface area contributed by atoms with E-state index in [0.29, 0.717) is 0 Å². The summed E-state index contributed by atoms with van der Waals surface area (Å²) in [4.78, 5) is 0. The first-order chi connectivity index (χ1) is 8.91. The Hall–Kier alpha value is -0.520. The first kappa shape index (κ1) is 17.5. The fraction of sp³-hybridized carbons (Fsp3) is 0.778. The van der Waals surface area contributed by atoms with Gasteiger partial charge in [-0.05, 0) is 44.9 Å². The second-order valence-corrected chi connectivity index (χ2v) is 5.19. The largest absolute Gasteiger partial charge is 0.0888 e. The molecule has 0 radical (unpaired) electrons. The first-order valence-corrected chi connectivity index (χ1v) is 8.21. The van der Waals surface area contributed by atoms with Crippen LogP contribution in [0.4, 0.5) is 0 Å². The molecule has 0 fully saturated rings. The van der Waals surface area contributed by atoms with Gasteiger partial charge in [0, 0.05) is 0 Å². The minimum Gasteiger partial charge on any atom is -0.0888 e. The van der Waals surface area contributed by atoms with Gasteiger partial charge in [0.2, 0.25) is 0 Å². The van der Waals surface area contributed by atoms with Crippen LogP contribution in [0.2, 0.25) is 0 Å². The second-order valence-electron chi connectivity index (χ2n) is 5.19. The van der Waals surface area contributed by atoms with Gasteiger partial charge < -0.3 is 0 Å². The molecule has 0 unspecified atom stereocenters. The summed E-state index contributed by atoms with van der Waals surface area (Å²) >= 11 is 0. The molecule has 0 nitrogen and oxygen atoms in total. The van der Waals surface area contributed by atoms with Crippen LogP contribution >= 0.6 is 0 Å². The lowest BCUT2D eigenvalue weighted by molar-refractivity contribution is 0.621. The summed E-state index contributed by atoms with van der Waals surface area (Å²) in [5, 5.41) is 0. The molecule has 0 aliphatic carbocycles. The molecule has 0 N–H and O–H groups in total. The molecule has 0 heterocycles. The van der Waals surface area contributed by atoms with Gasteiger partial charge in [-0.15, -0.1) is 0 Å². The molecule has 0 aromatic rings. The fourth-order valence-electron chi connectivity index (χ4n) is 2.09. The van der Waals surface area contributed by atoms with Crippen LogP contribution in [-0.4, -0.2) is 0 Å². The average Bonchev–Trinajstić information content (AvgIpc) is 2.39. The van der Waals surface area contributed by atoms with Crippen molar-refractivity contribution < 1.29 is 0 Å². The zero-order chi connectivity index (χ0) is 13.3. The molecule has 0 heteroatoms. The van der Waals surface area contributed by atoms with Crippen LogP contribution in [0.5, 0.6) is 0 Å². The molecule has 0 aromatic carbocycles. The maximum absolute atomic E-state index is 2.39. The van der Waals surface area contributed by atoms with Crippen molar-refractivity contribution in [1.29, 1.82) is 0 Å². The molecule has 0 aromatic heterocycles. The van der Waals surface area contributed by atoms with E-state index in [1.807, 2.05) is 0 Å². The summed E-state index contributed by atoms with van der Waals surface area (Å²) in [5.74, 6) is 0. The van der Waals surface area contributed by atoms with E-state index < -0.39 is 0 Å². The van der Waals surface area contributed by atoms with Crippen LogP contribution in [0.3, 0.4) is 0 Å². The van der Waals surface area contributed by atoms with Gasteiger partial charge >= 0.3 is 0 Å². The average molecular weight is 250 g/mol. The Morgan fingerprint density at radius 2 is 0.944 bits per heavy atom. The zero-order valence-corrected chi connectivity index (χ0v) is 12.8. The van der Waals surface area contributed by atoms with Crippen LogP contribution in [0.25, 0.3) is 0 Å². The molecule has 18 heavy (non-hydrogen) atoms. The van der Waals surface area contributed by atoms with Crippen molar-refractivity contribution in [3.8, 4) is 0 Å². The molecular formula is C18H34. The zero-order valence-electron chi connectivity index (χ0n) is 12.8. The maximum atomic E-state index is 2.39. The molecule has 0 saturated carbocycles. The van der Waals surface area contributed by atoms with Crippen LogP contribution in [0.1, 0.15) is 90.9 Å². The lowest BCUT2D eigenvalue weighted by atomic mass is 10.1. The molecule has 0 aliphatic rings. The van der Waals surface area contributed by atoms with Gasteiger partial charge in [-0.1, -0.05) is 70.3 Å². The Labute approximate surface area is 116 Å². The third kappa shape index (κ3) is 15.5. The predicted molar refractivity (Wildman–Crippen MR) is 85.0 cm³/mol. The Bertz CT molecular complexity index is 188. The summed E-state index contributed by atoms with van der Waals surface area (Å²) in [5.41, 5.74) is 0. The van der Waals surface area contributed by atoms with Crippen LogP contribution in [0, 0.1) is 0 Å². The van der Waals surface area contributed by atoms with Crippen molar-refractivity contribution in [2.75, 3.05) is 0 Å². The Morgan fingerprint density at radius 1 is 0.500 bits per heavy atom. The van der Waals surface area contributed by atoms with Crippen molar-refractivity contribution in [3.05, 3.63) is 24.3 Å². The van der Waals surface area contributed by atoms with Crippen molar-refractivity contribution in [2.45, 2.75) is 90.9 Å². The number of hydrogen-bond donors (Lipinski definition) is 0. The number of rotatable bonds is 13. The maximum Gasteiger partial charge on any atom is -0.0351 e. The molecule has 0 bridgehead atoms. The summed E-state index contributed by atoms with van der Waals surface area (Å²) in [7, 11) is 0. The molecule has 0 spiro atoms. The smallest absolute Gasteiger partial charge is 0.0351 e. The first-order valence-electron chi connectivity index (χ1n) is 8.21. The van der Waals surface area contributed by atoms with Crippen LogP contribution in [0.15, 0.2) is 24.3 Å². The normalized spacial score (nSPS) is 11.9. The molecule has 0 rings (SSSR count). The van der Waals surface area contributed by atoms with E-state index in [4.69, 9.17) is 0 Å². The van der Waals surface area contributed by atoms with Crippen molar-refractivity contribution in [3.63, 3.8) is 0 Å². The van der Waals surface area contributed by atoms with Gasteiger partial charge in [0.15, 0.2) is 0 Å². The van der Waals surface area contributed by atoms with Gasteiger partial charge in [-0.2, -0.15) is 0 Å². The van der Waals surface area contributed by atoms with Gasteiger partial charge in [-0.3, -0.25) is 0 Å². The topological polar surface area (TPSA) is 0 Å². The minimum absolute atomic E-state index is 1.19. The summed E-state index contributed by atoms with van der Waals surface area (Å²) in [6, 6.07) is 0. The van der Waals surface area contributed by atoms with Crippen molar-refractivity contribution in [1.82, 2.24) is 0 Å². The minimum atomic E-state index is 1.19. The number of allylic oxidation sites excluding steroid dienone is 4. The Balaban J connectivity index is 3.04. The molecule has 0 saturated heterocycles. The Morgan fingerprint density at radius 3 is 1.44 bits per heavy atom. The van der Waals surface area contributed by atoms with Crippen LogP contribution < -0.4 is 0 Å². The third-order valence-electron chi connectivity index (χ3n) is 3.28. The van der Waals surface area contributed by atoms with Gasteiger partial charge in [-0.25, -0.2) is 0 Å². The molecular weight excluding hydrogens is 216 g/mol. The lowest BCUT2D eigenvalue weighted by Crippen LogP contribution is -1.78. The van der Waals surface area contributed by atoms with E-state index >= 15 is 0 Å². The summed E-state index contributed by atoms with van der Waals surface area (Å²) < 4.78 is 0. The third-order valence-corrected chi connectivity index (χ3v) is 3.28. The highest BCUT2D eigenvalue weighted by molar-refractivity contribution is 4.81. The van der Waals surface area contributed by atoms with E-state index in [1.165, 1.54) is 77.0 Å². The van der Waals surface area contributed by atoms with E-state index in [0.717, 1.165) is 0 Å². The second kappa shape index (κ2) is 16.5. The molecule has 0 amide bonds. The van der Waals surface area contributed by atoms with Gasteiger partial charge in [0.05, 0.1) is 0 Å². The van der Waals surface area contributed by atoms with Crippen LogP contribution in [-0.2, 0) is 0 Å². The highest BCUT2D eigenvalue weighted by atomic mass is 13.9. The summed E-state index contributed by atoms with van der Waals surface area (Å²) in [6.45, 7) is 4.47. The predicted octanol–water partition coefficient (Wildman–Crippen LogP) is 6.82. The Kier molecular flexibility index (Phi) is 16.0. The van der Waals surface area contributed by atoms with E-state index in [1.54, 1.807) is 0 Å². The standard InChI is InChI=1S/C18H34/c1-3-5-7-9-11-13-15-17-18-16-14-12-10-8-6-4-2/h5,7,12,14H,3-4,6,8-11,13,15-18H2,1-2H3/b7-5-,14-12-. The lowest BCUT2D eigenvalue weighted by Gasteiger charge is -1.98. The van der Waals surface area contributed by atoms with E-state index in [2.05, 4.69) is 38.2 Å². The number of hydrogen-bond acceptors (Lipinski definition) is 0.